The van der Waals surface area contributed by atoms with Gasteiger partial charge < -0.3 is 13.9 Å². The predicted molar refractivity (Wildman–Crippen MR) is 201 cm³/mol. The molecule has 1 N–H and O–H groups in total. The first-order chi connectivity index (χ1) is 23.3. The number of allylic oxidation sites excluding steroid dienone is 2. The molecule has 0 amide bonds. The smallest absolute Gasteiger partial charge is 0.226 e. The summed E-state index contributed by atoms with van der Waals surface area (Å²) in [6.07, 6.45) is 9.97. The van der Waals surface area contributed by atoms with Crippen molar-refractivity contribution in [1.29, 1.82) is 0 Å². The average Bonchev–Trinajstić information content (AvgIpc) is 3.78. The number of furan rings is 2. The Bertz CT molecular complexity index is 2120. The largest absolute Gasteiger partial charge is 0.512 e. The molecule has 0 aliphatic heterocycles. The molecular weight excluding hydrogens is 801 g/mol. The number of pyridine rings is 2. The average molecular weight is 850 g/mol. The second-order valence-electron chi connectivity index (χ2n) is 14.5. The maximum absolute atomic E-state index is 12.2. The van der Waals surface area contributed by atoms with Crippen LogP contribution in [-0.2, 0) is 30.3 Å². The van der Waals surface area contributed by atoms with Crippen molar-refractivity contribution in [1.82, 2.24) is 9.97 Å². The van der Waals surface area contributed by atoms with Gasteiger partial charge in [0.2, 0.25) is 5.71 Å². The fraction of sp³-hybridized carbons (Fsp3) is 0.372. The van der Waals surface area contributed by atoms with Gasteiger partial charge in [-0.3, -0.25) is 9.78 Å². The SMILES string of the molecule is CC(C)(C)c1cc(-c2nccc3cc(-c4ccnc5occc45)oc23)[c-]c2ccccc12.CCC(C)(CC)C(=O)/C=C(\O)C(C)(CC)CC.[Ir]. The minimum atomic E-state index is -0.337. The van der Waals surface area contributed by atoms with E-state index in [0.717, 1.165) is 70.0 Å². The summed E-state index contributed by atoms with van der Waals surface area (Å²) >= 11 is 0. The van der Waals surface area contributed by atoms with Crippen molar-refractivity contribution in [3.63, 3.8) is 0 Å². The normalized spacial score (nSPS) is 12.5. The monoisotopic (exact) mass is 850 g/mol. The maximum atomic E-state index is 12.2. The quantitative estimate of drug-likeness (QED) is 0.0885. The van der Waals surface area contributed by atoms with Crippen molar-refractivity contribution in [3.8, 4) is 22.6 Å². The third-order valence-corrected chi connectivity index (χ3v) is 10.5. The van der Waals surface area contributed by atoms with E-state index in [1.807, 2.05) is 78.1 Å². The Kier molecular flexibility index (Phi) is 12.0. The topological polar surface area (TPSA) is 89.4 Å². The van der Waals surface area contributed by atoms with Crippen LogP contribution in [0.1, 0.15) is 93.6 Å². The Morgan fingerprint density at radius 1 is 0.840 bits per heavy atom. The van der Waals surface area contributed by atoms with E-state index in [1.54, 1.807) is 12.5 Å². The number of aliphatic hydroxyl groups excluding tert-OH is 1. The molecule has 7 heteroatoms. The number of carbonyl (C=O) groups is 1. The molecule has 1 radical (unpaired) electrons. The van der Waals surface area contributed by atoms with E-state index in [9.17, 15) is 9.90 Å². The zero-order valence-corrected chi connectivity index (χ0v) is 33.1. The van der Waals surface area contributed by atoms with Crippen molar-refractivity contribution in [3.05, 3.63) is 96.7 Å². The van der Waals surface area contributed by atoms with Crippen molar-refractivity contribution in [2.24, 2.45) is 10.8 Å². The number of hydrogen-bond donors (Lipinski definition) is 1. The number of rotatable bonds is 9. The number of nitrogens with zero attached hydrogens (tertiary/aromatic N) is 2. The maximum Gasteiger partial charge on any atom is 0.226 e. The van der Waals surface area contributed by atoms with E-state index < -0.39 is 0 Å². The van der Waals surface area contributed by atoms with Gasteiger partial charge in [0.15, 0.2) is 5.78 Å². The van der Waals surface area contributed by atoms with E-state index in [4.69, 9.17) is 13.8 Å². The van der Waals surface area contributed by atoms with Gasteiger partial charge in [0, 0.05) is 66.0 Å². The molecule has 2 aromatic carbocycles. The number of carbonyl (C=O) groups excluding carboxylic acids is 1. The van der Waals surface area contributed by atoms with Crippen LogP contribution in [0.5, 0.6) is 0 Å². The van der Waals surface area contributed by atoms with Crippen LogP contribution in [0.25, 0.3) is 55.4 Å². The first-order valence-electron chi connectivity index (χ1n) is 17.4. The van der Waals surface area contributed by atoms with E-state index in [1.165, 1.54) is 17.0 Å². The predicted octanol–water partition coefficient (Wildman–Crippen LogP) is 12.2. The molecule has 0 fully saturated rings. The third kappa shape index (κ3) is 7.65. The van der Waals surface area contributed by atoms with Gasteiger partial charge in [0.25, 0.3) is 0 Å². The molecule has 6 nitrogen and oxygen atoms in total. The molecule has 6 rings (SSSR count). The minimum absolute atomic E-state index is 0. The number of aliphatic hydroxyl groups is 1. The van der Waals surface area contributed by atoms with Gasteiger partial charge in [-0.2, -0.15) is 0 Å². The van der Waals surface area contributed by atoms with Crippen molar-refractivity contribution < 1.29 is 38.8 Å². The third-order valence-electron chi connectivity index (χ3n) is 10.5. The molecule has 0 aliphatic rings. The number of hydrogen-bond acceptors (Lipinski definition) is 6. The molecule has 6 aromatic rings. The Morgan fingerprint density at radius 2 is 1.50 bits per heavy atom. The first-order valence-corrected chi connectivity index (χ1v) is 17.4. The summed E-state index contributed by atoms with van der Waals surface area (Å²) in [6.45, 7) is 18.8. The van der Waals surface area contributed by atoms with Gasteiger partial charge in [-0.1, -0.05) is 91.5 Å². The summed E-state index contributed by atoms with van der Waals surface area (Å²) < 4.78 is 11.9. The van der Waals surface area contributed by atoms with E-state index >= 15 is 0 Å². The van der Waals surface area contributed by atoms with E-state index in [2.05, 4.69) is 56.1 Å². The van der Waals surface area contributed by atoms with Gasteiger partial charge >= 0.3 is 0 Å². The van der Waals surface area contributed by atoms with E-state index in [0.29, 0.717) is 5.71 Å². The Balaban J connectivity index is 0.000000269. The number of fused-ring (bicyclic) bond motifs is 3. The van der Waals surface area contributed by atoms with Gasteiger partial charge in [-0.05, 0) is 55.4 Å². The Morgan fingerprint density at radius 3 is 2.16 bits per heavy atom. The molecule has 0 saturated heterocycles. The molecule has 4 heterocycles. The summed E-state index contributed by atoms with van der Waals surface area (Å²) in [5.74, 6) is 1.05. The second kappa shape index (κ2) is 15.4. The zero-order valence-electron chi connectivity index (χ0n) is 30.7. The molecular formula is C43H49IrN2O4-. The summed E-state index contributed by atoms with van der Waals surface area (Å²) in [5.41, 5.74) is 4.67. The molecule has 50 heavy (non-hydrogen) atoms. The molecule has 4 aromatic heterocycles. The fourth-order valence-electron chi connectivity index (χ4n) is 6.04. The van der Waals surface area contributed by atoms with Crippen LogP contribution in [0.2, 0.25) is 0 Å². The van der Waals surface area contributed by atoms with Crippen LogP contribution < -0.4 is 0 Å². The van der Waals surface area contributed by atoms with Crippen LogP contribution in [0.3, 0.4) is 0 Å². The molecule has 0 unspecified atom stereocenters. The van der Waals surface area contributed by atoms with Crippen LogP contribution in [0.4, 0.5) is 0 Å². The van der Waals surface area contributed by atoms with Crippen molar-refractivity contribution >= 4 is 38.6 Å². The second-order valence-corrected chi connectivity index (χ2v) is 14.5. The summed E-state index contributed by atoms with van der Waals surface area (Å²) in [6, 6.07) is 22.1. The molecule has 0 atom stereocenters. The van der Waals surface area contributed by atoms with Crippen LogP contribution in [0.15, 0.2) is 93.9 Å². The summed E-state index contributed by atoms with van der Waals surface area (Å²) in [5, 5.41) is 14.4. The van der Waals surface area contributed by atoms with Crippen LogP contribution >= 0.6 is 0 Å². The number of aromatic nitrogens is 2. The Hall–Kier alpha value is -4.06. The standard InChI is InChI=1S/C28H21N2O2.C15H28O2.Ir/c1-28(2,3)23-15-19(14-17-6-4-5-7-20(17)23)25-26-18(8-11-29-25)16-24(32-26)21-9-12-30-27-22(21)10-13-31-27;1-7-14(5,8-2)12(16)11-13(17)15(6,9-3)10-4;/h4-13,15-16H,1-3H3;11,16H,7-10H2,1-6H3;/q-1;;/b;12-11-;. The fourth-order valence-corrected chi connectivity index (χ4v) is 6.04. The van der Waals surface area contributed by atoms with Crippen LogP contribution in [-0.4, -0.2) is 20.9 Å². The molecule has 0 aliphatic carbocycles. The van der Waals surface area contributed by atoms with Crippen molar-refractivity contribution in [2.45, 2.75) is 93.4 Å². The van der Waals surface area contributed by atoms with Gasteiger partial charge in [0.1, 0.15) is 17.1 Å². The van der Waals surface area contributed by atoms with Gasteiger partial charge in [-0.25, -0.2) is 4.98 Å². The van der Waals surface area contributed by atoms with Gasteiger partial charge in [-0.15, -0.1) is 29.1 Å². The van der Waals surface area contributed by atoms with E-state index in [-0.39, 0.29) is 47.9 Å². The molecule has 0 saturated carbocycles. The molecule has 0 bridgehead atoms. The zero-order chi connectivity index (χ0) is 35.6. The minimum Gasteiger partial charge on any atom is -0.512 e. The molecule has 0 spiro atoms. The first kappa shape index (κ1) is 38.7. The molecule has 265 valence electrons. The van der Waals surface area contributed by atoms with Crippen LogP contribution in [0, 0.1) is 16.9 Å². The summed E-state index contributed by atoms with van der Waals surface area (Å²) in [4.78, 5) is 21.2. The number of benzene rings is 2. The van der Waals surface area contributed by atoms with Gasteiger partial charge in [0.05, 0.1) is 11.6 Å². The number of ketones is 1. The summed E-state index contributed by atoms with van der Waals surface area (Å²) in [7, 11) is 0. The Labute approximate surface area is 309 Å². The van der Waals surface area contributed by atoms with Crippen molar-refractivity contribution in [2.75, 3.05) is 0 Å².